The van der Waals surface area contributed by atoms with Crippen molar-refractivity contribution in [1.82, 2.24) is 10.2 Å². The second-order valence-corrected chi connectivity index (χ2v) is 5.04. The maximum absolute atomic E-state index is 9.16. The van der Waals surface area contributed by atoms with Gasteiger partial charge in [0, 0.05) is 12.6 Å². The number of hydrogen-bond acceptors (Lipinski definition) is 4. The Morgan fingerprint density at radius 1 is 1.59 bits per heavy atom. The third-order valence-corrected chi connectivity index (χ3v) is 3.44. The van der Waals surface area contributed by atoms with Crippen molar-refractivity contribution in [3.05, 3.63) is 0 Å². The van der Waals surface area contributed by atoms with Crippen molar-refractivity contribution >= 4 is 0 Å². The average molecular weight is 239 g/mol. The van der Waals surface area contributed by atoms with E-state index in [1.807, 2.05) is 13.8 Å². The minimum absolute atomic E-state index is 0.371. The summed E-state index contributed by atoms with van der Waals surface area (Å²) in [5.41, 5.74) is -0.371. The van der Waals surface area contributed by atoms with E-state index in [4.69, 9.17) is 10.00 Å². The number of hydrogen-bond donors (Lipinski definition) is 1. The van der Waals surface area contributed by atoms with Gasteiger partial charge >= 0.3 is 0 Å². The number of morpholine rings is 1. The van der Waals surface area contributed by atoms with Crippen molar-refractivity contribution < 1.29 is 4.74 Å². The van der Waals surface area contributed by atoms with Gasteiger partial charge in [0.15, 0.2) is 0 Å². The highest BCUT2D eigenvalue weighted by Crippen LogP contribution is 2.13. The molecule has 0 aliphatic carbocycles. The van der Waals surface area contributed by atoms with E-state index in [0.29, 0.717) is 6.04 Å². The molecular formula is C13H25N3O. The molecule has 98 valence electrons. The summed E-state index contributed by atoms with van der Waals surface area (Å²) >= 11 is 0. The van der Waals surface area contributed by atoms with Crippen LogP contribution in [0.15, 0.2) is 0 Å². The molecule has 0 radical (unpaired) electrons. The Balaban J connectivity index is 2.28. The fourth-order valence-corrected chi connectivity index (χ4v) is 2.30. The molecule has 1 rings (SSSR count). The molecule has 1 saturated heterocycles. The molecule has 1 aliphatic heterocycles. The lowest BCUT2D eigenvalue weighted by Crippen LogP contribution is -2.45. The van der Waals surface area contributed by atoms with E-state index in [0.717, 1.165) is 45.7 Å². The minimum Gasteiger partial charge on any atom is -0.379 e. The van der Waals surface area contributed by atoms with E-state index in [2.05, 4.69) is 23.2 Å². The Morgan fingerprint density at radius 3 is 2.94 bits per heavy atom. The first-order valence-electron chi connectivity index (χ1n) is 6.59. The molecule has 0 aromatic carbocycles. The third-order valence-electron chi connectivity index (χ3n) is 3.44. The summed E-state index contributed by atoms with van der Waals surface area (Å²) in [5.74, 6) is 0. The van der Waals surface area contributed by atoms with Gasteiger partial charge in [-0.15, -0.1) is 0 Å². The summed E-state index contributed by atoms with van der Waals surface area (Å²) in [7, 11) is 0. The van der Waals surface area contributed by atoms with Crippen LogP contribution in [0.4, 0.5) is 0 Å². The fourth-order valence-electron chi connectivity index (χ4n) is 2.30. The Bertz CT molecular complexity index is 264. The number of nitriles is 1. The van der Waals surface area contributed by atoms with Gasteiger partial charge in [-0.1, -0.05) is 6.92 Å². The van der Waals surface area contributed by atoms with Crippen molar-refractivity contribution in [3.63, 3.8) is 0 Å². The highest BCUT2D eigenvalue weighted by Gasteiger charge is 2.23. The average Bonchev–Trinajstić information content (AvgIpc) is 2.32. The van der Waals surface area contributed by atoms with Gasteiger partial charge in [-0.05, 0) is 39.8 Å². The molecule has 0 aromatic heterocycles. The molecule has 0 aromatic rings. The maximum atomic E-state index is 9.16. The molecule has 1 fully saturated rings. The van der Waals surface area contributed by atoms with Crippen molar-refractivity contribution in [3.8, 4) is 6.07 Å². The molecule has 0 bridgehead atoms. The van der Waals surface area contributed by atoms with Crippen LogP contribution in [0.2, 0.25) is 0 Å². The van der Waals surface area contributed by atoms with Gasteiger partial charge < -0.3 is 4.74 Å². The highest BCUT2D eigenvalue weighted by molar-refractivity contribution is 5.03. The van der Waals surface area contributed by atoms with Gasteiger partial charge in [-0.2, -0.15) is 5.26 Å². The minimum atomic E-state index is -0.371. The zero-order chi connectivity index (χ0) is 12.7. The molecule has 1 N–H and O–H groups in total. The summed E-state index contributed by atoms with van der Waals surface area (Å²) in [6.07, 6.45) is 1.96. The van der Waals surface area contributed by atoms with Gasteiger partial charge in [0.1, 0.15) is 5.54 Å². The van der Waals surface area contributed by atoms with Crippen LogP contribution in [0.1, 0.15) is 33.6 Å². The summed E-state index contributed by atoms with van der Waals surface area (Å²) in [4.78, 5) is 2.45. The van der Waals surface area contributed by atoms with Gasteiger partial charge in [0.25, 0.3) is 0 Å². The summed E-state index contributed by atoms with van der Waals surface area (Å²) in [5, 5.41) is 12.4. The lowest BCUT2D eigenvalue weighted by molar-refractivity contribution is -0.00134. The molecule has 1 aliphatic rings. The number of rotatable bonds is 6. The van der Waals surface area contributed by atoms with E-state index in [1.54, 1.807) is 0 Å². The Kier molecular flexibility index (Phi) is 5.90. The fraction of sp³-hybridized carbons (Fsp3) is 0.923. The smallest absolute Gasteiger partial charge is 0.103 e. The molecule has 4 nitrogen and oxygen atoms in total. The maximum Gasteiger partial charge on any atom is 0.103 e. The van der Waals surface area contributed by atoms with Crippen molar-refractivity contribution in [2.24, 2.45) is 0 Å². The molecule has 1 heterocycles. The van der Waals surface area contributed by atoms with E-state index >= 15 is 0 Å². The van der Waals surface area contributed by atoms with Gasteiger partial charge in [-0.25, -0.2) is 0 Å². The molecule has 17 heavy (non-hydrogen) atoms. The monoisotopic (exact) mass is 239 g/mol. The molecule has 4 heteroatoms. The van der Waals surface area contributed by atoms with Crippen molar-refractivity contribution in [2.45, 2.75) is 45.2 Å². The lowest BCUT2D eigenvalue weighted by Gasteiger charge is -2.34. The zero-order valence-electron chi connectivity index (χ0n) is 11.3. The lowest BCUT2D eigenvalue weighted by atomic mass is 9.97. The first kappa shape index (κ1) is 14.4. The Labute approximate surface area is 105 Å². The van der Waals surface area contributed by atoms with Gasteiger partial charge in [-0.3, -0.25) is 10.2 Å². The molecular weight excluding hydrogens is 214 g/mol. The SMILES string of the molecule is CCNC(C)(C#N)CCCN1CCOCC1C. The van der Waals surface area contributed by atoms with Crippen molar-refractivity contribution in [1.29, 1.82) is 5.26 Å². The molecule has 0 saturated carbocycles. The topological polar surface area (TPSA) is 48.3 Å². The predicted molar refractivity (Wildman–Crippen MR) is 68.8 cm³/mol. The van der Waals surface area contributed by atoms with Crippen LogP contribution in [0.3, 0.4) is 0 Å². The molecule has 2 atom stereocenters. The summed E-state index contributed by atoms with van der Waals surface area (Å²) in [6.45, 7) is 10.8. The first-order chi connectivity index (χ1) is 8.11. The normalized spacial score (nSPS) is 25.2. The molecule has 0 amide bonds. The molecule has 0 spiro atoms. The molecule has 2 unspecified atom stereocenters. The van der Waals surface area contributed by atoms with Crippen LogP contribution in [0.5, 0.6) is 0 Å². The number of nitrogens with one attached hydrogen (secondary N) is 1. The summed E-state index contributed by atoms with van der Waals surface area (Å²) in [6, 6.07) is 2.88. The Hall–Kier alpha value is -0.630. The second-order valence-electron chi connectivity index (χ2n) is 5.04. The van der Waals surface area contributed by atoms with Crippen LogP contribution >= 0.6 is 0 Å². The van der Waals surface area contributed by atoms with Crippen LogP contribution in [-0.4, -0.2) is 49.3 Å². The van der Waals surface area contributed by atoms with Gasteiger partial charge in [0.05, 0.1) is 19.3 Å². The third kappa shape index (κ3) is 4.63. The van der Waals surface area contributed by atoms with Crippen LogP contribution < -0.4 is 5.32 Å². The quantitative estimate of drug-likeness (QED) is 0.761. The van der Waals surface area contributed by atoms with Crippen LogP contribution in [-0.2, 0) is 4.74 Å². The van der Waals surface area contributed by atoms with Crippen LogP contribution in [0, 0.1) is 11.3 Å². The highest BCUT2D eigenvalue weighted by atomic mass is 16.5. The summed E-state index contributed by atoms with van der Waals surface area (Å²) < 4.78 is 5.41. The second kappa shape index (κ2) is 6.95. The van der Waals surface area contributed by atoms with Crippen molar-refractivity contribution in [2.75, 3.05) is 32.8 Å². The standard InChI is InChI=1S/C13H25N3O/c1-4-15-13(3,11-14)6-5-7-16-8-9-17-10-12(16)2/h12,15H,4-10H2,1-3H3. The zero-order valence-corrected chi connectivity index (χ0v) is 11.3. The predicted octanol–water partition coefficient (Wildman–Crippen LogP) is 1.38. The van der Waals surface area contributed by atoms with Gasteiger partial charge in [0.2, 0.25) is 0 Å². The van der Waals surface area contributed by atoms with E-state index < -0.39 is 0 Å². The number of ether oxygens (including phenoxy) is 1. The first-order valence-corrected chi connectivity index (χ1v) is 6.59. The van der Waals surface area contributed by atoms with E-state index in [9.17, 15) is 0 Å². The number of nitrogens with zero attached hydrogens (tertiary/aromatic N) is 2. The van der Waals surface area contributed by atoms with E-state index in [-0.39, 0.29) is 5.54 Å². The Morgan fingerprint density at radius 2 is 2.35 bits per heavy atom. The van der Waals surface area contributed by atoms with E-state index in [1.165, 1.54) is 0 Å². The van der Waals surface area contributed by atoms with Crippen LogP contribution in [0.25, 0.3) is 0 Å². The largest absolute Gasteiger partial charge is 0.379 e.